The topological polar surface area (TPSA) is 95.6 Å². The normalized spacial score (nSPS) is 14.4. The van der Waals surface area contributed by atoms with Crippen molar-refractivity contribution in [3.8, 4) is 0 Å². The number of sulfonamides is 1. The van der Waals surface area contributed by atoms with Crippen LogP contribution in [0.4, 0.5) is 11.4 Å². The van der Waals surface area contributed by atoms with Crippen molar-refractivity contribution in [2.75, 3.05) is 16.8 Å². The van der Waals surface area contributed by atoms with Gasteiger partial charge in [-0.25, -0.2) is 8.42 Å². The molecule has 2 N–H and O–H groups in total. The van der Waals surface area contributed by atoms with E-state index in [0.717, 1.165) is 16.8 Å². The van der Waals surface area contributed by atoms with E-state index in [1.165, 1.54) is 6.07 Å². The molecule has 0 saturated heterocycles. The van der Waals surface area contributed by atoms with Crippen molar-refractivity contribution in [2.45, 2.75) is 51.5 Å². The predicted molar refractivity (Wildman–Crippen MR) is 122 cm³/mol. The quantitative estimate of drug-likeness (QED) is 0.687. The minimum atomic E-state index is -3.93. The summed E-state index contributed by atoms with van der Waals surface area (Å²) in [6.07, 6.45) is 0.999. The van der Waals surface area contributed by atoms with Crippen LogP contribution in [0.1, 0.15) is 38.3 Å². The van der Waals surface area contributed by atoms with Crippen molar-refractivity contribution < 1.29 is 18.0 Å². The first kappa shape index (κ1) is 23.0. The molecule has 0 radical (unpaired) electrons. The summed E-state index contributed by atoms with van der Waals surface area (Å²) >= 11 is 0. The molecule has 1 aliphatic heterocycles. The molecule has 0 bridgehead atoms. The monoisotopic (exact) mass is 443 g/mol. The van der Waals surface area contributed by atoms with Gasteiger partial charge in [-0.2, -0.15) is 4.72 Å². The van der Waals surface area contributed by atoms with Gasteiger partial charge in [-0.15, -0.1) is 0 Å². The molecule has 0 aromatic heterocycles. The lowest BCUT2D eigenvalue weighted by Gasteiger charge is -2.22. The van der Waals surface area contributed by atoms with E-state index in [9.17, 15) is 18.0 Å². The molecular formula is C23H29N3O4S. The molecule has 166 valence electrons. The molecule has 2 amide bonds. The minimum absolute atomic E-state index is 0.0140. The molecule has 1 heterocycles. The first-order chi connectivity index (χ1) is 14.6. The third-order valence-electron chi connectivity index (χ3n) is 5.41. The molecule has 1 atom stereocenters. The number of hydrogen-bond donors (Lipinski definition) is 2. The Hall–Kier alpha value is -2.71. The molecule has 0 spiro atoms. The molecule has 7 nitrogen and oxygen atoms in total. The van der Waals surface area contributed by atoms with Gasteiger partial charge < -0.3 is 10.2 Å². The fraction of sp³-hybridized carbons (Fsp3) is 0.391. The van der Waals surface area contributed by atoms with E-state index >= 15 is 0 Å². The van der Waals surface area contributed by atoms with Crippen LogP contribution in [0.3, 0.4) is 0 Å². The third kappa shape index (κ3) is 5.14. The van der Waals surface area contributed by atoms with Crippen molar-refractivity contribution in [1.82, 2.24) is 4.72 Å². The van der Waals surface area contributed by atoms with Crippen molar-refractivity contribution in [2.24, 2.45) is 5.92 Å². The van der Waals surface area contributed by atoms with Gasteiger partial charge in [0.1, 0.15) is 6.04 Å². The van der Waals surface area contributed by atoms with E-state index in [0.29, 0.717) is 25.1 Å². The summed E-state index contributed by atoms with van der Waals surface area (Å²) in [5.74, 6) is -0.657. The van der Waals surface area contributed by atoms with E-state index in [4.69, 9.17) is 0 Å². The van der Waals surface area contributed by atoms with Gasteiger partial charge in [-0.05, 0) is 55.2 Å². The third-order valence-corrected chi connectivity index (χ3v) is 6.85. The average Bonchev–Trinajstić information content (AvgIpc) is 3.16. The summed E-state index contributed by atoms with van der Waals surface area (Å²) in [4.78, 5) is 26.7. The molecule has 0 saturated carbocycles. The zero-order valence-electron chi connectivity index (χ0n) is 18.3. The maximum atomic E-state index is 13.0. The SMILES string of the molecule is CCC(=O)N1CCc2cc(S(=O)(=O)N[C@H](C(=O)Nc3ccc(C)cc3)C(C)C)ccc21. The van der Waals surface area contributed by atoms with Gasteiger partial charge in [0, 0.05) is 24.3 Å². The molecule has 2 aromatic carbocycles. The number of hydrogen-bond acceptors (Lipinski definition) is 4. The molecule has 0 unspecified atom stereocenters. The van der Waals surface area contributed by atoms with Crippen LogP contribution in [0.25, 0.3) is 0 Å². The Balaban J connectivity index is 1.79. The zero-order chi connectivity index (χ0) is 22.8. The maximum Gasteiger partial charge on any atom is 0.242 e. The lowest BCUT2D eigenvalue weighted by Crippen LogP contribution is -2.47. The fourth-order valence-corrected chi connectivity index (χ4v) is 4.97. The van der Waals surface area contributed by atoms with Crippen LogP contribution in [0, 0.1) is 12.8 Å². The van der Waals surface area contributed by atoms with Crippen molar-refractivity contribution in [3.05, 3.63) is 53.6 Å². The van der Waals surface area contributed by atoms with Crippen LogP contribution in [0.2, 0.25) is 0 Å². The molecule has 31 heavy (non-hydrogen) atoms. The van der Waals surface area contributed by atoms with Crippen molar-refractivity contribution in [3.63, 3.8) is 0 Å². The molecule has 8 heteroatoms. The number of anilines is 2. The smallest absolute Gasteiger partial charge is 0.242 e. The van der Waals surface area contributed by atoms with Gasteiger partial charge in [-0.3, -0.25) is 9.59 Å². The molecule has 3 rings (SSSR count). The minimum Gasteiger partial charge on any atom is -0.325 e. The van der Waals surface area contributed by atoms with Gasteiger partial charge in [0.25, 0.3) is 0 Å². The van der Waals surface area contributed by atoms with Gasteiger partial charge >= 0.3 is 0 Å². The maximum absolute atomic E-state index is 13.0. The summed E-state index contributed by atoms with van der Waals surface area (Å²) in [6, 6.07) is 11.1. The van der Waals surface area contributed by atoms with Gasteiger partial charge in [0.2, 0.25) is 21.8 Å². The number of nitrogens with zero attached hydrogens (tertiary/aromatic N) is 1. The Labute approximate surface area is 183 Å². The Morgan fingerprint density at radius 2 is 1.77 bits per heavy atom. The molecule has 2 aromatic rings. The first-order valence-electron chi connectivity index (χ1n) is 10.5. The predicted octanol–water partition coefficient (Wildman–Crippen LogP) is 3.24. The summed E-state index contributed by atoms with van der Waals surface area (Å²) in [5.41, 5.74) is 3.24. The molecule has 0 aliphatic carbocycles. The Bertz CT molecular complexity index is 1080. The van der Waals surface area contributed by atoms with E-state index < -0.39 is 22.0 Å². The highest BCUT2D eigenvalue weighted by molar-refractivity contribution is 7.89. The largest absolute Gasteiger partial charge is 0.325 e. The van der Waals surface area contributed by atoms with E-state index in [2.05, 4.69) is 10.0 Å². The zero-order valence-corrected chi connectivity index (χ0v) is 19.1. The van der Waals surface area contributed by atoms with Crippen molar-refractivity contribution >= 4 is 33.2 Å². The lowest BCUT2D eigenvalue weighted by atomic mass is 10.0. The number of carbonyl (C=O) groups is 2. The van der Waals surface area contributed by atoms with E-state index in [1.807, 2.05) is 19.1 Å². The number of nitrogens with one attached hydrogen (secondary N) is 2. The number of carbonyl (C=O) groups excluding carboxylic acids is 2. The van der Waals surface area contributed by atoms with Crippen LogP contribution in [0.5, 0.6) is 0 Å². The number of aryl methyl sites for hydroxylation is 1. The lowest BCUT2D eigenvalue weighted by molar-refractivity contribution is -0.119. The average molecular weight is 444 g/mol. The highest BCUT2D eigenvalue weighted by atomic mass is 32.2. The number of amides is 2. The number of benzene rings is 2. The first-order valence-corrected chi connectivity index (χ1v) is 11.9. The van der Waals surface area contributed by atoms with Crippen LogP contribution in [0.15, 0.2) is 47.4 Å². The highest BCUT2D eigenvalue weighted by Crippen LogP contribution is 2.30. The van der Waals surface area contributed by atoms with Crippen LogP contribution < -0.4 is 14.9 Å². The van der Waals surface area contributed by atoms with Crippen molar-refractivity contribution in [1.29, 1.82) is 0 Å². The Morgan fingerprint density at radius 1 is 1.10 bits per heavy atom. The van der Waals surface area contributed by atoms with Gasteiger partial charge in [-0.1, -0.05) is 38.5 Å². The van der Waals surface area contributed by atoms with E-state index in [1.54, 1.807) is 49.9 Å². The van der Waals surface area contributed by atoms with E-state index in [-0.39, 0.29) is 16.7 Å². The van der Waals surface area contributed by atoms with Crippen LogP contribution >= 0.6 is 0 Å². The summed E-state index contributed by atoms with van der Waals surface area (Å²) in [6.45, 7) is 7.88. The van der Waals surface area contributed by atoms with Crippen LogP contribution in [-0.4, -0.2) is 32.8 Å². The van der Waals surface area contributed by atoms with Gasteiger partial charge in [0.05, 0.1) is 4.90 Å². The Morgan fingerprint density at radius 3 is 2.39 bits per heavy atom. The molecule has 0 fully saturated rings. The second-order valence-electron chi connectivity index (χ2n) is 8.14. The fourth-order valence-electron chi connectivity index (χ4n) is 3.58. The molecular weight excluding hydrogens is 414 g/mol. The highest BCUT2D eigenvalue weighted by Gasteiger charge is 2.30. The number of fused-ring (bicyclic) bond motifs is 1. The second kappa shape index (κ2) is 9.20. The number of rotatable bonds is 7. The summed E-state index contributed by atoms with van der Waals surface area (Å²) in [7, 11) is -3.93. The second-order valence-corrected chi connectivity index (χ2v) is 9.85. The van der Waals surface area contributed by atoms with Crippen LogP contribution in [-0.2, 0) is 26.0 Å². The molecule has 1 aliphatic rings. The van der Waals surface area contributed by atoms with Gasteiger partial charge in [0.15, 0.2) is 0 Å². The standard InChI is InChI=1S/C23H29N3O4S/c1-5-21(27)26-13-12-17-14-19(10-11-20(17)26)31(29,30)25-22(15(2)3)23(28)24-18-8-6-16(4)7-9-18/h6-11,14-15,22,25H,5,12-13H2,1-4H3,(H,24,28)/t22-/m0/s1. The summed E-state index contributed by atoms with van der Waals surface area (Å²) in [5, 5.41) is 2.78. The summed E-state index contributed by atoms with van der Waals surface area (Å²) < 4.78 is 28.7. The Kier molecular flexibility index (Phi) is 6.81.